The summed E-state index contributed by atoms with van der Waals surface area (Å²) in [5, 5.41) is 22.8. The van der Waals surface area contributed by atoms with Gasteiger partial charge in [-0.1, -0.05) is 42.5 Å². The molecule has 0 spiro atoms. The van der Waals surface area contributed by atoms with Crippen molar-refractivity contribution in [3.8, 4) is 11.1 Å². The number of aromatic nitrogens is 1. The van der Waals surface area contributed by atoms with Crippen molar-refractivity contribution < 1.29 is 15.0 Å². The molecule has 3 N–H and O–H groups in total. The van der Waals surface area contributed by atoms with Crippen LogP contribution in [0.15, 0.2) is 67.0 Å². The second-order valence-corrected chi connectivity index (χ2v) is 7.35. The molecule has 0 aliphatic rings. The van der Waals surface area contributed by atoms with Gasteiger partial charge in [0.15, 0.2) is 0 Å². The highest BCUT2D eigenvalue weighted by molar-refractivity contribution is 5.90. The quantitative estimate of drug-likeness (QED) is 0.541. The standard InChI is InChI=1S/C24H26N2O3/c1-16-12-20(9-10-22(16)24(28)29)19-7-5-18(6-8-19)13-17(2)26-15-23(27)21-4-3-11-25-14-21/h3-12,14,17,23,26-27H,13,15H2,1-2H3,(H,28,29)/t17-,23+/m1/s1. The molecule has 1 aromatic heterocycles. The minimum absolute atomic E-state index is 0.212. The van der Waals surface area contributed by atoms with Crippen LogP contribution < -0.4 is 5.32 Å². The molecule has 0 aliphatic heterocycles. The van der Waals surface area contributed by atoms with E-state index in [1.165, 1.54) is 5.56 Å². The Labute approximate surface area is 171 Å². The number of aliphatic hydroxyl groups is 1. The third kappa shape index (κ3) is 5.50. The lowest BCUT2D eigenvalue weighted by atomic mass is 9.98. The number of pyridine rings is 1. The molecule has 3 aromatic rings. The van der Waals surface area contributed by atoms with E-state index in [0.29, 0.717) is 12.1 Å². The number of hydrogen-bond donors (Lipinski definition) is 3. The third-order valence-electron chi connectivity index (χ3n) is 5.01. The molecule has 0 bridgehead atoms. The molecule has 1 heterocycles. The molecule has 0 aliphatic carbocycles. The van der Waals surface area contributed by atoms with Crippen LogP contribution in [0.5, 0.6) is 0 Å². The van der Waals surface area contributed by atoms with Crippen LogP contribution in [0, 0.1) is 6.92 Å². The van der Waals surface area contributed by atoms with E-state index in [2.05, 4.69) is 41.5 Å². The molecular weight excluding hydrogens is 364 g/mol. The first-order chi connectivity index (χ1) is 13.9. The second kappa shape index (κ2) is 9.45. The van der Waals surface area contributed by atoms with Crippen LogP contribution in [-0.2, 0) is 6.42 Å². The van der Waals surface area contributed by atoms with Gasteiger partial charge in [0.05, 0.1) is 11.7 Å². The molecule has 2 atom stereocenters. The molecule has 29 heavy (non-hydrogen) atoms. The van der Waals surface area contributed by atoms with Crippen LogP contribution in [-0.4, -0.2) is 33.8 Å². The highest BCUT2D eigenvalue weighted by atomic mass is 16.4. The Balaban J connectivity index is 1.57. The number of nitrogens with zero attached hydrogens (tertiary/aromatic N) is 1. The maximum Gasteiger partial charge on any atom is 0.335 e. The molecule has 0 unspecified atom stereocenters. The number of carbonyl (C=O) groups is 1. The molecule has 2 aromatic carbocycles. The molecule has 3 rings (SSSR count). The van der Waals surface area contributed by atoms with Gasteiger partial charge < -0.3 is 15.5 Å². The summed E-state index contributed by atoms with van der Waals surface area (Å²) in [6.45, 7) is 4.38. The van der Waals surface area contributed by atoms with Crippen LogP contribution in [0.25, 0.3) is 11.1 Å². The summed E-state index contributed by atoms with van der Waals surface area (Å²) in [5.41, 5.74) is 5.15. The zero-order chi connectivity index (χ0) is 20.8. The molecule has 150 valence electrons. The zero-order valence-electron chi connectivity index (χ0n) is 16.7. The first-order valence-electron chi connectivity index (χ1n) is 9.68. The Morgan fingerprint density at radius 3 is 2.45 bits per heavy atom. The molecular formula is C24H26N2O3. The lowest BCUT2D eigenvalue weighted by Gasteiger charge is -2.17. The number of nitrogens with one attached hydrogen (secondary N) is 1. The molecule has 5 heteroatoms. The van der Waals surface area contributed by atoms with Crippen molar-refractivity contribution in [2.24, 2.45) is 0 Å². The van der Waals surface area contributed by atoms with E-state index >= 15 is 0 Å². The van der Waals surface area contributed by atoms with Gasteiger partial charge in [0.1, 0.15) is 0 Å². The van der Waals surface area contributed by atoms with Crippen LogP contribution in [0.1, 0.15) is 40.1 Å². The molecule has 0 saturated heterocycles. The van der Waals surface area contributed by atoms with Gasteiger partial charge in [0.25, 0.3) is 0 Å². The van der Waals surface area contributed by atoms with Crippen LogP contribution in [0.3, 0.4) is 0 Å². The number of rotatable bonds is 8. The van der Waals surface area contributed by atoms with Gasteiger partial charge >= 0.3 is 5.97 Å². The smallest absolute Gasteiger partial charge is 0.335 e. The van der Waals surface area contributed by atoms with Crippen LogP contribution >= 0.6 is 0 Å². The summed E-state index contributed by atoms with van der Waals surface area (Å²) < 4.78 is 0. The van der Waals surface area contributed by atoms with E-state index in [1.54, 1.807) is 18.5 Å². The van der Waals surface area contributed by atoms with Crippen molar-refractivity contribution in [1.82, 2.24) is 10.3 Å². The van der Waals surface area contributed by atoms with Gasteiger partial charge in [-0.25, -0.2) is 4.79 Å². The zero-order valence-corrected chi connectivity index (χ0v) is 16.7. The van der Waals surface area contributed by atoms with Gasteiger partial charge in [0.2, 0.25) is 0 Å². The SMILES string of the molecule is Cc1cc(-c2ccc(C[C@@H](C)NC[C@H](O)c3cccnc3)cc2)ccc1C(=O)O. The number of carboxylic acids is 1. The second-order valence-electron chi connectivity index (χ2n) is 7.35. The normalized spacial score (nSPS) is 13.1. The topological polar surface area (TPSA) is 82.5 Å². The molecule has 0 amide bonds. The highest BCUT2D eigenvalue weighted by Gasteiger charge is 2.11. The Morgan fingerprint density at radius 1 is 1.10 bits per heavy atom. The van der Waals surface area contributed by atoms with Gasteiger partial charge in [0, 0.05) is 30.5 Å². The lowest BCUT2D eigenvalue weighted by Crippen LogP contribution is -2.32. The Morgan fingerprint density at radius 2 is 1.83 bits per heavy atom. The summed E-state index contributed by atoms with van der Waals surface area (Å²) in [6.07, 6.45) is 3.64. The maximum atomic E-state index is 11.2. The minimum atomic E-state index is -0.903. The summed E-state index contributed by atoms with van der Waals surface area (Å²) in [4.78, 5) is 15.2. The predicted molar refractivity (Wildman–Crippen MR) is 114 cm³/mol. The van der Waals surface area contributed by atoms with Gasteiger partial charge in [-0.2, -0.15) is 0 Å². The van der Waals surface area contributed by atoms with Gasteiger partial charge in [-0.05, 0) is 54.7 Å². The van der Waals surface area contributed by atoms with Crippen molar-refractivity contribution in [3.63, 3.8) is 0 Å². The Bertz CT molecular complexity index is 956. The average Bonchev–Trinajstić information content (AvgIpc) is 2.73. The largest absolute Gasteiger partial charge is 0.478 e. The Hall–Kier alpha value is -3.02. The summed E-state index contributed by atoms with van der Waals surface area (Å²) in [7, 11) is 0. The monoisotopic (exact) mass is 390 g/mol. The maximum absolute atomic E-state index is 11.2. The van der Waals surface area contributed by atoms with Crippen molar-refractivity contribution in [2.75, 3.05) is 6.54 Å². The van der Waals surface area contributed by atoms with E-state index in [0.717, 1.165) is 28.7 Å². The van der Waals surface area contributed by atoms with E-state index in [9.17, 15) is 9.90 Å². The van der Waals surface area contributed by atoms with Gasteiger partial charge in [-0.3, -0.25) is 4.98 Å². The fourth-order valence-corrected chi connectivity index (χ4v) is 3.35. The first-order valence-corrected chi connectivity index (χ1v) is 9.68. The van der Waals surface area contributed by atoms with Crippen molar-refractivity contribution in [1.29, 1.82) is 0 Å². The van der Waals surface area contributed by atoms with E-state index in [-0.39, 0.29) is 6.04 Å². The number of aliphatic hydroxyl groups excluding tert-OH is 1. The third-order valence-corrected chi connectivity index (χ3v) is 5.01. The first kappa shape index (κ1) is 20.7. The predicted octanol–water partition coefficient (Wildman–Crippen LogP) is 4.01. The highest BCUT2D eigenvalue weighted by Crippen LogP contribution is 2.23. The fourth-order valence-electron chi connectivity index (χ4n) is 3.35. The molecule has 0 fully saturated rings. The number of aromatic carboxylic acids is 1. The number of benzene rings is 2. The molecule has 0 saturated carbocycles. The summed E-state index contributed by atoms with van der Waals surface area (Å²) >= 11 is 0. The van der Waals surface area contributed by atoms with E-state index in [4.69, 9.17) is 5.11 Å². The summed E-state index contributed by atoms with van der Waals surface area (Å²) in [5.74, 6) is -0.903. The fraction of sp³-hybridized carbons (Fsp3) is 0.250. The minimum Gasteiger partial charge on any atom is -0.478 e. The van der Waals surface area contributed by atoms with Crippen molar-refractivity contribution in [3.05, 3.63) is 89.2 Å². The van der Waals surface area contributed by atoms with Crippen molar-refractivity contribution in [2.45, 2.75) is 32.4 Å². The van der Waals surface area contributed by atoms with Crippen LogP contribution in [0.4, 0.5) is 0 Å². The number of carboxylic acid groups (broad SMARTS) is 1. The molecule has 0 radical (unpaired) electrons. The summed E-state index contributed by atoms with van der Waals surface area (Å²) in [6, 6.07) is 17.6. The number of hydrogen-bond acceptors (Lipinski definition) is 4. The van der Waals surface area contributed by atoms with Crippen LogP contribution in [0.2, 0.25) is 0 Å². The average molecular weight is 390 g/mol. The van der Waals surface area contributed by atoms with E-state index in [1.807, 2.05) is 31.2 Å². The van der Waals surface area contributed by atoms with Crippen molar-refractivity contribution >= 4 is 5.97 Å². The van der Waals surface area contributed by atoms with E-state index < -0.39 is 12.1 Å². The molecule has 5 nitrogen and oxygen atoms in total. The number of aryl methyl sites for hydroxylation is 1. The Kier molecular flexibility index (Phi) is 6.75. The lowest BCUT2D eigenvalue weighted by molar-refractivity contribution is 0.0696. The van der Waals surface area contributed by atoms with Gasteiger partial charge in [-0.15, -0.1) is 0 Å².